The van der Waals surface area contributed by atoms with Crippen molar-refractivity contribution in [3.8, 4) is 0 Å². The Labute approximate surface area is 178 Å². The van der Waals surface area contributed by atoms with Crippen LogP contribution in [0.5, 0.6) is 0 Å². The first-order chi connectivity index (χ1) is 14.2. The molecule has 1 aromatic carbocycles. The fourth-order valence-electron chi connectivity index (χ4n) is 4.53. The van der Waals surface area contributed by atoms with Crippen molar-refractivity contribution in [1.29, 1.82) is 0 Å². The van der Waals surface area contributed by atoms with Gasteiger partial charge in [0.05, 0.1) is 17.0 Å². The van der Waals surface area contributed by atoms with Crippen LogP contribution in [0.2, 0.25) is 0 Å². The number of aryl methyl sites for hydroxylation is 2. The van der Waals surface area contributed by atoms with Crippen LogP contribution in [-0.4, -0.2) is 46.5 Å². The Balaban J connectivity index is 1.49. The summed E-state index contributed by atoms with van der Waals surface area (Å²) in [6.45, 7) is 9.01. The number of aromatic nitrogens is 3. The van der Waals surface area contributed by atoms with Crippen LogP contribution in [0.1, 0.15) is 55.3 Å². The monoisotopic (exact) mass is 426 g/mol. The molecule has 0 radical (unpaired) electrons. The lowest BCUT2D eigenvalue weighted by Crippen LogP contribution is -2.43. The molecular formula is C23H30N4O2S. The predicted molar refractivity (Wildman–Crippen MR) is 120 cm³/mol. The predicted octanol–water partition coefficient (Wildman–Crippen LogP) is 4.06. The molecule has 7 heteroatoms. The van der Waals surface area contributed by atoms with Gasteiger partial charge in [0.25, 0.3) is 0 Å². The lowest BCUT2D eigenvalue weighted by Gasteiger charge is -2.34. The van der Waals surface area contributed by atoms with Gasteiger partial charge >= 0.3 is 0 Å². The third-order valence-corrected chi connectivity index (χ3v) is 8.47. The fraction of sp³-hybridized carbons (Fsp3) is 0.478. The summed E-state index contributed by atoms with van der Waals surface area (Å²) >= 11 is 0. The largest absolute Gasteiger partial charge is 0.342 e. The molecule has 6 nitrogen and oxygen atoms in total. The first-order valence-corrected chi connectivity index (χ1v) is 12.1. The average Bonchev–Trinajstić information content (AvgIpc) is 3.11. The molecule has 1 aliphatic heterocycles. The van der Waals surface area contributed by atoms with E-state index in [1.165, 1.54) is 0 Å². The Morgan fingerprint density at radius 1 is 1.13 bits per heavy atom. The van der Waals surface area contributed by atoms with E-state index in [9.17, 15) is 8.42 Å². The topological polar surface area (TPSA) is 79.0 Å². The molecule has 4 rings (SSSR count). The highest BCUT2D eigenvalue weighted by Crippen LogP contribution is 2.34. The molecule has 30 heavy (non-hydrogen) atoms. The molecule has 1 aliphatic rings. The number of hydrogen-bond acceptors (Lipinski definition) is 4. The van der Waals surface area contributed by atoms with Gasteiger partial charge in [0.1, 0.15) is 11.3 Å². The Kier molecular flexibility index (Phi) is 5.45. The van der Waals surface area contributed by atoms with Crippen LogP contribution < -0.4 is 0 Å². The number of piperidine rings is 1. The number of pyridine rings is 1. The molecule has 0 spiro atoms. The van der Waals surface area contributed by atoms with E-state index < -0.39 is 15.4 Å². The maximum absolute atomic E-state index is 13.2. The minimum absolute atomic E-state index is 0.116. The maximum atomic E-state index is 13.2. The molecule has 0 unspecified atom stereocenters. The van der Waals surface area contributed by atoms with E-state index in [1.54, 1.807) is 4.31 Å². The number of aromatic amines is 1. The van der Waals surface area contributed by atoms with E-state index in [0.717, 1.165) is 46.5 Å². The normalized spacial score (nSPS) is 16.9. The number of nitrogens with zero attached hydrogens (tertiary/aromatic N) is 3. The van der Waals surface area contributed by atoms with Gasteiger partial charge in [-0.05, 0) is 43.7 Å². The second-order valence-corrected chi connectivity index (χ2v) is 11.0. The quantitative estimate of drug-likeness (QED) is 0.667. The second kappa shape index (κ2) is 7.78. The SMILES string of the molecule is Cc1nc2c(C)ncc(C3CCN(S(=O)(=O)CC(C)(C)c4ccccc4)CC3)c2[nH]1. The molecule has 0 saturated carbocycles. The minimum atomic E-state index is -3.34. The molecule has 2 aromatic heterocycles. The summed E-state index contributed by atoms with van der Waals surface area (Å²) in [6.07, 6.45) is 3.52. The van der Waals surface area contributed by atoms with Gasteiger partial charge in [-0.2, -0.15) is 0 Å². The zero-order chi connectivity index (χ0) is 21.5. The molecule has 3 heterocycles. The zero-order valence-corrected chi connectivity index (χ0v) is 19.0. The molecule has 160 valence electrons. The van der Waals surface area contributed by atoms with E-state index in [4.69, 9.17) is 0 Å². The standard InChI is InChI=1S/C23H30N4O2S/c1-16-21-22(26-17(2)25-21)20(14-24-16)18-10-12-27(13-11-18)30(28,29)15-23(3,4)19-8-6-5-7-9-19/h5-9,14,18H,10-13,15H2,1-4H3,(H,25,26). The summed E-state index contributed by atoms with van der Waals surface area (Å²) in [4.78, 5) is 12.5. The molecule has 3 aromatic rings. The molecule has 0 atom stereocenters. The summed E-state index contributed by atoms with van der Waals surface area (Å²) in [5.41, 5.74) is 4.65. The summed E-state index contributed by atoms with van der Waals surface area (Å²) in [6, 6.07) is 9.88. The number of imidazole rings is 1. The first kappa shape index (κ1) is 21.0. The van der Waals surface area contributed by atoms with Crippen molar-refractivity contribution in [2.75, 3.05) is 18.8 Å². The number of hydrogen-bond donors (Lipinski definition) is 1. The summed E-state index contributed by atoms with van der Waals surface area (Å²) in [7, 11) is -3.34. The van der Waals surface area contributed by atoms with Gasteiger partial charge in [-0.1, -0.05) is 44.2 Å². The second-order valence-electron chi connectivity index (χ2n) is 9.02. The lowest BCUT2D eigenvalue weighted by atomic mass is 9.87. The Morgan fingerprint density at radius 3 is 2.47 bits per heavy atom. The summed E-state index contributed by atoms with van der Waals surface area (Å²) in [5, 5.41) is 0. The Hall–Kier alpha value is -2.25. The van der Waals surface area contributed by atoms with E-state index in [1.807, 2.05) is 64.2 Å². The van der Waals surface area contributed by atoms with Gasteiger partial charge in [-0.25, -0.2) is 17.7 Å². The molecule has 0 amide bonds. The Morgan fingerprint density at radius 2 is 1.80 bits per heavy atom. The van der Waals surface area contributed by atoms with Gasteiger partial charge < -0.3 is 4.98 Å². The number of rotatable bonds is 5. The van der Waals surface area contributed by atoms with Gasteiger partial charge in [0.15, 0.2) is 0 Å². The third kappa shape index (κ3) is 4.01. The minimum Gasteiger partial charge on any atom is -0.342 e. The van der Waals surface area contributed by atoms with Gasteiger partial charge in [0, 0.05) is 24.7 Å². The molecular weight excluding hydrogens is 396 g/mol. The van der Waals surface area contributed by atoms with E-state index in [0.29, 0.717) is 13.1 Å². The molecule has 1 fully saturated rings. The van der Waals surface area contributed by atoms with Crippen LogP contribution >= 0.6 is 0 Å². The van der Waals surface area contributed by atoms with Crippen LogP contribution in [-0.2, 0) is 15.4 Å². The van der Waals surface area contributed by atoms with Crippen LogP contribution in [0, 0.1) is 13.8 Å². The Bertz CT molecular complexity index is 1140. The number of nitrogens with one attached hydrogen (secondary N) is 1. The van der Waals surface area contributed by atoms with Gasteiger partial charge in [0.2, 0.25) is 10.0 Å². The molecule has 1 N–H and O–H groups in total. The van der Waals surface area contributed by atoms with Crippen LogP contribution in [0.25, 0.3) is 11.0 Å². The van der Waals surface area contributed by atoms with Crippen LogP contribution in [0.4, 0.5) is 0 Å². The van der Waals surface area contributed by atoms with Crippen molar-refractivity contribution in [2.24, 2.45) is 0 Å². The average molecular weight is 427 g/mol. The maximum Gasteiger partial charge on any atom is 0.214 e. The summed E-state index contributed by atoms with van der Waals surface area (Å²) < 4.78 is 28.0. The van der Waals surface area contributed by atoms with Gasteiger partial charge in [-0.15, -0.1) is 0 Å². The van der Waals surface area contributed by atoms with Crippen LogP contribution in [0.15, 0.2) is 36.5 Å². The van der Waals surface area contributed by atoms with Crippen molar-refractivity contribution >= 4 is 21.1 Å². The smallest absolute Gasteiger partial charge is 0.214 e. The van der Waals surface area contributed by atoms with Crippen molar-refractivity contribution in [3.63, 3.8) is 0 Å². The first-order valence-electron chi connectivity index (χ1n) is 10.5. The molecule has 0 bridgehead atoms. The van der Waals surface area contributed by atoms with Crippen molar-refractivity contribution in [1.82, 2.24) is 19.3 Å². The number of sulfonamides is 1. The highest BCUT2D eigenvalue weighted by Gasteiger charge is 2.35. The number of H-pyrrole nitrogens is 1. The molecule has 1 saturated heterocycles. The van der Waals surface area contributed by atoms with Crippen molar-refractivity contribution in [3.05, 3.63) is 59.2 Å². The number of benzene rings is 1. The highest BCUT2D eigenvalue weighted by atomic mass is 32.2. The fourth-order valence-corrected chi connectivity index (χ4v) is 6.56. The van der Waals surface area contributed by atoms with E-state index >= 15 is 0 Å². The van der Waals surface area contributed by atoms with Crippen LogP contribution in [0.3, 0.4) is 0 Å². The van der Waals surface area contributed by atoms with Crippen molar-refractivity contribution < 1.29 is 8.42 Å². The van der Waals surface area contributed by atoms with E-state index in [2.05, 4.69) is 15.0 Å². The molecule has 0 aliphatic carbocycles. The van der Waals surface area contributed by atoms with Crippen molar-refractivity contribution in [2.45, 2.75) is 51.9 Å². The lowest BCUT2D eigenvalue weighted by molar-refractivity contribution is 0.317. The summed E-state index contributed by atoms with van der Waals surface area (Å²) in [5.74, 6) is 1.28. The number of fused-ring (bicyclic) bond motifs is 1. The third-order valence-electron chi connectivity index (χ3n) is 6.24. The van der Waals surface area contributed by atoms with E-state index in [-0.39, 0.29) is 11.7 Å². The zero-order valence-electron chi connectivity index (χ0n) is 18.1. The van der Waals surface area contributed by atoms with Gasteiger partial charge in [-0.3, -0.25) is 4.98 Å². The highest BCUT2D eigenvalue weighted by molar-refractivity contribution is 7.89.